The van der Waals surface area contributed by atoms with Crippen molar-refractivity contribution in [1.82, 2.24) is 0 Å². The molecule has 0 radical (unpaired) electrons. The standard InChI is InChI=1S/C12H16F2O2/c13-12(14)6-4-9(5-7-12)11(15)10-3-1-2-8-16-10/h3,9H,1-2,4-8H2. The smallest absolute Gasteiger partial charge is 0.248 e. The quantitative estimate of drug-likeness (QED) is 0.728. The van der Waals surface area contributed by atoms with Gasteiger partial charge < -0.3 is 4.74 Å². The van der Waals surface area contributed by atoms with E-state index in [2.05, 4.69) is 0 Å². The molecule has 16 heavy (non-hydrogen) atoms. The van der Waals surface area contributed by atoms with Crippen molar-refractivity contribution in [3.05, 3.63) is 11.8 Å². The largest absolute Gasteiger partial charge is 0.490 e. The van der Waals surface area contributed by atoms with E-state index in [4.69, 9.17) is 4.74 Å². The molecular formula is C12H16F2O2. The summed E-state index contributed by atoms with van der Waals surface area (Å²) in [6.45, 7) is 0.570. The lowest BCUT2D eigenvalue weighted by molar-refractivity contribution is -0.127. The van der Waals surface area contributed by atoms with E-state index in [0.29, 0.717) is 12.4 Å². The van der Waals surface area contributed by atoms with Crippen molar-refractivity contribution >= 4 is 5.78 Å². The van der Waals surface area contributed by atoms with E-state index in [-0.39, 0.29) is 37.4 Å². The summed E-state index contributed by atoms with van der Waals surface area (Å²) < 4.78 is 31.1. The maximum absolute atomic E-state index is 12.9. The average molecular weight is 230 g/mol. The van der Waals surface area contributed by atoms with E-state index in [9.17, 15) is 13.6 Å². The summed E-state index contributed by atoms with van der Waals surface area (Å²) in [6.07, 6.45) is 3.80. The predicted molar refractivity (Wildman–Crippen MR) is 55.2 cm³/mol. The first kappa shape index (κ1) is 11.6. The number of allylic oxidation sites excluding steroid dienone is 2. The van der Waals surface area contributed by atoms with E-state index < -0.39 is 5.92 Å². The van der Waals surface area contributed by atoms with Gasteiger partial charge in [0.15, 0.2) is 11.5 Å². The summed E-state index contributed by atoms with van der Waals surface area (Å²) in [7, 11) is 0. The third kappa shape index (κ3) is 2.60. The molecule has 0 unspecified atom stereocenters. The molecular weight excluding hydrogens is 214 g/mol. The second-order valence-electron chi connectivity index (χ2n) is 4.55. The van der Waals surface area contributed by atoms with Crippen molar-refractivity contribution in [3.8, 4) is 0 Å². The molecule has 2 nitrogen and oxygen atoms in total. The van der Waals surface area contributed by atoms with Crippen LogP contribution in [0, 0.1) is 5.92 Å². The first-order valence-corrected chi connectivity index (χ1v) is 5.83. The zero-order valence-corrected chi connectivity index (χ0v) is 9.18. The Morgan fingerprint density at radius 2 is 2.06 bits per heavy atom. The van der Waals surface area contributed by atoms with E-state index in [1.165, 1.54) is 0 Å². The van der Waals surface area contributed by atoms with Gasteiger partial charge in [-0.3, -0.25) is 4.79 Å². The highest BCUT2D eigenvalue weighted by molar-refractivity contribution is 5.95. The number of rotatable bonds is 2. The topological polar surface area (TPSA) is 26.3 Å². The van der Waals surface area contributed by atoms with Crippen LogP contribution in [0.3, 0.4) is 0 Å². The molecule has 0 bridgehead atoms. The van der Waals surface area contributed by atoms with Crippen molar-refractivity contribution in [1.29, 1.82) is 0 Å². The molecule has 0 amide bonds. The summed E-state index contributed by atoms with van der Waals surface area (Å²) in [5, 5.41) is 0. The lowest BCUT2D eigenvalue weighted by Crippen LogP contribution is -2.30. The maximum atomic E-state index is 12.9. The van der Waals surface area contributed by atoms with Gasteiger partial charge in [0, 0.05) is 18.8 Å². The lowest BCUT2D eigenvalue weighted by atomic mass is 9.83. The van der Waals surface area contributed by atoms with Crippen molar-refractivity contribution in [2.24, 2.45) is 5.92 Å². The van der Waals surface area contributed by atoms with Gasteiger partial charge in [-0.25, -0.2) is 8.78 Å². The fourth-order valence-electron chi connectivity index (χ4n) is 2.23. The molecule has 0 aromatic rings. The summed E-state index contributed by atoms with van der Waals surface area (Å²) in [5.74, 6) is -2.50. The van der Waals surface area contributed by atoms with Gasteiger partial charge in [-0.2, -0.15) is 0 Å². The Morgan fingerprint density at radius 3 is 2.62 bits per heavy atom. The third-order valence-corrected chi connectivity index (χ3v) is 3.27. The Morgan fingerprint density at radius 1 is 1.38 bits per heavy atom. The van der Waals surface area contributed by atoms with Crippen LogP contribution in [0.15, 0.2) is 11.8 Å². The Hall–Kier alpha value is -0.930. The molecule has 90 valence electrons. The van der Waals surface area contributed by atoms with Crippen LogP contribution in [0.2, 0.25) is 0 Å². The molecule has 1 aliphatic carbocycles. The van der Waals surface area contributed by atoms with E-state index in [1.54, 1.807) is 6.08 Å². The molecule has 0 atom stereocenters. The van der Waals surface area contributed by atoms with E-state index in [1.807, 2.05) is 0 Å². The van der Waals surface area contributed by atoms with Crippen LogP contribution in [0.5, 0.6) is 0 Å². The molecule has 2 aliphatic rings. The minimum Gasteiger partial charge on any atom is -0.490 e. The van der Waals surface area contributed by atoms with Gasteiger partial charge in [0.05, 0.1) is 6.61 Å². The molecule has 0 N–H and O–H groups in total. The van der Waals surface area contributed by atoms with Crippen LogP contribution in [-0.2, 0) is 9.53 Å². The van der Waals surface area contributed by atoms with Crippen LogP contribution >= 0.6 is 0 Å². The van der Waals surface area contributed by atoms with Gasteiger partial charge in [0.25, 0.3) is 0 Å². The van der Waals surface area contributed by atoms with Gasteiger partial charge in [0.1, 0.15) is 0 Å². The molecule has 4 heteroatoms. The highest BCUT2D eigenvalue weighted by atomic mass is 19.3. The van der Waals surface area contributed by atoms with Crippen molar-refractivity contribution in [2.45, 2.75) is 44.4 Å². The Kier molecular flexibility index (Phi) is 3.26. The van der Waals surface area contributed by atoms with E-state index in [0.717, 1.165) is 12.8 Å². The minimum atomic E-state index is -2.57. The molecule has 2 rings (SSSR count). The number of hydrogen-bond acceptors (Lipinski definition) is 2. The number of carbonyl (C=O) groups is 1. The van der Waals surface area contributed by atoms with Crippen LogP contribution in [0.25, 0.3) is 0 Å². The first-order valence-electron chi connectivity index (χ1n) is 5.83. The molecule has 0 spiro atoms. The van der Waals surface area contributed by atoms with Crippen LogP contribution in [-0.4, -0.2) is 18.3 Å². The molecule has 0 aromatic heterocycles. The van der Waals surface area contributed by atoms with Crippen LogP contribution in [0.1, 0.15) is 38.5 Å². The molecule has 0 saturated heterocycles. The zero-order chi connectivity index (χ0) is 11.6. The van der Waals surface area contributed by atoms with Gasteiger partial charge >= 0.3 is 0 Å². The first-order chi connectivity index (χ1) is 7.58. The Labute approximate surface area is 93.7 Å². The zero-order valence-electron chi connectivity index (χ0n) is 9.18. The molecule has 1 aliphatic heterocycles. The van der Waals surface area contributed by atoms with Crippen molar-refractivity contribution < 1.29 is 18.3 Å². The number of alkyl halides is 2. The predicted octanol–water partition coefficient (Wildman–Crippen LogP) is 3.08. The molecule has 1 fully saturated rings. The lowest BCUT2D eigenvalue weighted by Gasteiger charge is -2.28. The molecule has 1 heterocycles. The highest BCUT2D eigenvalue weighted by Gasteiger charge is 2.38. The third-order valence-electron chi connectivity index (χ3n) is 3.27. The van der Waals surface area contributed by atoms with Gasteiger partial charge in [-0.05, 0) is 31.8 Å². The SMILES string of the molecule is O=C(C1=CCCCO1)C1CCC(F)(F)CC1. The van der Waals surface area contributed by atoms with Gasteiger partial charge in [-0.1, -0.05) is 0 Å². The van der Waals surface area contributed by atoms with Crippen molar-refractivity contribution in [3.63, 3.8) is 0 Å². The molecule has 1 saturated carbocycles. The monoisotopic (exact) mass is 230 g/mol. The maximum Gasteiger partial charge on any atom is 0.248 e. The average Bonchev–Trinajstić information content (AvgIpc) is 2.29. The van der Waals surface area contributed by atoms with Crippen molar-refractivity contribution in [2.75, 3.05) is 6.61 Å². The fraction of sp³-hybridized carbons (Fsp3) is 0.750. The Bertz CT molecular complexity index is 300. The second-order valence-corrected chi connectivity index (χ2v) is 4.55. The second kappa shape index (κ2) is 4.52. The number of hydrogen-bond donors (Lipinski definition) is 0. The number of carbonyl (C=O) groups excluding carboxylic acids is 1. The number of halogens is 2. The minimum absolute atomic E-state index is 0.0739. The van der Waals surface area contributed by atoms with Crippen LogP contribution < -0.4 is 0 Å². The highest BCUT2D eigenvalue weighted by Crippen LogP contribution is 2.37. The summed E-state index contributed by atoms with van der Waals surface area (Å²) >= 11 is 0. The summed E-state index contributed by atoms with van der Waals surface area (Å²) in [6, 6.07) is 0. The number of Topliss-reactive ketones (excluding diaryl/α,β-unsaturated/α-hetero) is 1. The summed E-state index contributed by atoms with van der Waals surface area (Å²) in [5.41, 5.74) is 0. The van der Waals surface area contributed by atoms with Crippen LogP contribution in [0.4, 0.5) is 8.78 Å². The normalized spacial score (nSPS) is 25.8. The van der Waals surface area contributed by atoms with E-state index >= 15 is 0 Å². The van der Waals surface area contributed by atoms with Gasteiger partial charge in [-0.15, -0.1) is 0 Å². The number of ketones is 1. The molecule has 0 aromatic carbocycles. The fourth-order valence-corrected chi connectivity index (χ4v) is 2.23. The van der Waals surface area contributed by atoms with Gasteiger partial charge in [0.2, 0.25) is 5.92 Å². The summed E-state index contributed by atoms with van der Waals surface area (Å²) in [4.78, 5) is 11.9. The Balaban J connectivity index is 1.93. The number of ether oxygens (including phenoxy) is 1.